The van der Waals surface area contributed by atoms with E-state index in [1.54, 1.807) is 31.2 Å². The minimum atomic E-state index is -3.60. The van der Waals surface area contributed by atoms with Crippen molar-refractivity contribution in [1.82, 2.24) is 4.31 Å². The number of piperidine rings is 1. The quantitative estimate of drug-likeness (QED) is 0.902. The van der Waals surface area contributed by atoms with Gasteiger partial charge in [-0.2, -0.15) is 12.7 Å². The summed E-state index contributed by atoms with van der Waals surface area (Å²) in [5.74, 6) is 0.373. The molecule has 1 saturated heterocycles. The Morgan fingerprint density at radius 2 is 2.05 bits per heavy atom. The van der Waals surface area contributed by atoms with Gasteiger partial charge in [-0.3, -0.25) is 4.31 Å². The molecule has 1 aromatic carbocycles. The number of anilines is 1. The van der Waals surface area contributed by atoms with Crippen molar-refractivity contribution in [3.05, 3.63) is 30.3 Å². The first-order valence-corrected chi connectivity index (χ1v) is 8.82. The third-order valence-electron chi connectivity index (χ3n) is 3.70. The molecule has 0 aromatic heterocycles. The fourth-order valence-corrected chi connectivity index (χ4v) is 4.54. The minimum Gasteiger partial charge on any atom is -0.392 e. The van der Waals surface area contributed by atoms with E-state index < -0.39 is 16.3 Å². The van der Waals surface area contributed by atoms with E-state index in [0.717, 1.165) is 12.8 Å². The molecular formula is C15H24N2O3S. The molecule has 0 spiro atoms. The zero-order valence-electron chi connectivity index (χ0n) is 12.6. The molecule has 6 heteroatoms. The van der Waals surface area contributed by atoms with Gasteiger partial charge in [-0.15, -0.1) is 0 Å². The van der Waals surface area contributed by atoms with Crippen molar-refractivity contribution in [2.24, 2.45) is 5.92 Å². The Balaban J connectivity index is 2.30. The standard InChI is InChI=1S/C15H24N2O3S/c1-13-7-6-10-16(11-13)21(19,20)17(12-14(2)18)15-8-4-3-5-9-15/h3-5,8-9,13-14,18H,6-7,10-12H2,1-2H3/t13-,14+/m0/s1. The maximum atomic E-state index is 12.9. The van der Waals surface area contributed by atoms with Crippen molar-refractivity contribution < 1.29 is 13.5 Å². The van der Waals surface area contributed by atoms with E-state index in [1.807, 2.05) is 6.07 Å². The molecule has 1 aliphatic heterocycles. The van der Waals surface area contributed by atoms with Crippen molar-refractivity contribution in [3.63, 3.8) is 0 Å². The van der Waals surface area contributed by atoms with E-state index in [4.69, 9.17) is 0 Å². The van der Waals surface area contributed by atoms with Gasteiger partial charge in [0.2, 0.25) is 0 Å². The largest absolute Gasteiger partial charge is 0.392 e. The van der Waals surface area contributed by atoms with Crippen LogP contribution >= 0.6 is 0 Å². The Morgan fingerprint density at radius 3 is 2.62 bits per heavy atom. The highest BCUT2D eigenvalue weighted by Gasteiger charge is 2.33. The Morgan fingerprint density at radius 1 is 1.38 bits per heavy atom. The summed E-state index contributed by atoms with van der Waals surface area (Å²) in [6.45, 7) is 4.84. The number of aliphatic hydroxyl groups is 1. The molecule has 1 N–H and O–H groups in total. The van der Waals surface area contributed by atoms with Crippen LogP contribution in [0.5, 0.6) is 0 Å². The lowest BCUT2D eigenvalue weighted by Crippen LogP contribution is -2.49. The van der Waals surface area contributed by atoms with Crippen LogP contribution < -0.4 is 4.31 Å². The molecule has 0 saturated carbocycles. The van der Waals surface area contributed by atoms with Crippen LogP contribution in [-0.2, 0) is 10.2 Å². The lowest BCUT2D eigenvalue weighted by atomic mass is 10.0. The summed E-state index contributed by atoms with van der Waals surface area (Å²) in [4.78, 5) is 0. The van der Waals surface area contributed by atoms with Crippen molar-refractivity contribution in [2.45, 2.75) is 32.8 Å². The summed E-state index contributed by atoms with van der Waals surface area (Å²) in [6, 6.07) is 8.97. The zero-order chi connectivity index (χ0) is 15.5. The molecule has 0 radical (unpaired) electrons. The number of aliphatic hydroxyl groups excluding tert-OH is 1. The van der Waals surface area contributed by atoms with Gasteiger partial charge in [0.15, 0.2) is 0 Å². The molecule has 21 heavy (non-hydrogen) atoms. The smallest absolute Gasteiger partial charge is 0.304 e. The van der Waals surface area contributed by atoms with Gasteiger partial charge in [-0.05, 0) is 37.8 Å². The number of hydrogen-bond acceptors (Lipinski definition) is 3. The fourth-order valence-electron chi connectivity index (χ4n) is 2.66. The van der Waals surface area contributed by atoms with E-state index in [1.165, 1.54) is 8.61 Å². The van der Waals surface area contributed by atoms with Gasteiger partial charge >= 0.3 is 10.2 Å². The zero-order valence-corrected chi connectivity index (χ0v) is 13.5. The van der Waals surface area contributed by atoms with E-state index in [2.05, 4.69) is 6.92 Å². The Bertz CT molecular complexity index is 545. The van der Waals surface area contributed by atoms with Crippen molar-refractivity contribution in [2.75, 3.05) is 23.9 Å². The van der Waals surface area contributed by atoms with Gasteiger partial charge in [0, 0.05) is 13.1 Å². The fraction of sp³-hybridized carbons (Fsp3) is 0.600. The van der Waals surface area contributed by atoms with Crippen LogP contribution in [0.4, 0.5) is 5.69 Å². The first kappa shape index (κ1) is 16.3. The molecule has 0 aliphatic carbocycles. The molecule has 2 atom stereocenters. The van der Waals surface area contributed by atoms with Crippen LogP contribution in [0.3, 0.4) is 0 Å². The molecule has 2 rings (SSSR count). The SMILES string of the molecule is C[C@H]1CCCN(S(=O)(=O)N(C[C@@H](C)O)c2ccccc2)C1. The highest BCUT2D eigenvalue weighted by Crippen LogP contribution is 2.25. The first-order valence-electron chi connectivity index (χ1n) is 7.42. The van der Waals surface area contributed by atoms with Gasteiger partial charge in [0.1, 0.15) is 0 Å². The summed E-state index contributed by atoms with van der Waals surface area (Å²) >= 11 is 0. The molecular weight excluding hydrogens is 288 g/mol. The van der Waals surface area contributed by atoms with Crippen LogP contribution in [0.15, 0.2) is 30.3 Å². The monoisotopic (exact) mass is 312 g/mol. The number of para-hydroxylation sites is 1. The number of hydrogen-bond donors (Lipinski definition) is 1. The number of nitrogens with zero attached hydrogens (tertiary/aromatic N) is 2. The molecule has 0 amide bonds. The van der Waals surface area contributed by atoms with Gasteiger partial charge in [-0.1, -0.05) is 25.1 Å². The number of benzene rings is 1. The molecule has 1 aromatic rings. The van der Waals surface area contributed by atoms with Crippen molar-refractivity contribution in [1.29, 1.82) is 0 Å². The average molecular weight is 312 g/mol. The maximum Gasteiger partial charge on any atom is 0.304 e. The summed E-state index contributed by atoms with van der Waals surface area (Å²) in [5.41, 5.74) is 0.594. The van der Waals surface area contributed by atoms with Gasteiger partial charge in [0.05, 0.1) is 18.3 Å². The van der Waals surface area contributed by atoms with Crippen molar-refractivity contribution in [3.8, 4) is 0 Å². The molecule has 1 aliphatic rings. The molecule has 1 fully saturated rings. The van der Waals surface area contributed by atoms with E-state index in [9.17, 15) is 13.5 Å². The molecule has 1 heterocycles. The normalized spacial score (nSPS) is 22.0. The van der Waals surface area contributed by atoms with E-state index >= 15 is 0 Å². The summed E-state index contributed by atoms with van der Waals surface area (Å²) in [7, 11) is -3.60. The maximum absolute atomic E-state index is 12.9. The number of rotatable bonds is 5. The second kappa shape index (κ2) is 6.77. The Kier molecular flexibility index (Phi) is 5.24. The van der Waals surface area contributed by atoms with E-state index in [-0.39, 0.29) is 6.54 Å². The lowest BCUT2D eigenvalue weighted by Gasteiger charge is -2.35. The van der Waals surface area contributed by atoms with Gasteiger partial charge < -0.3 is 5.11 Å². The highest BCUT2D eigenvalue weighted by molar-refractivity contribution is 7.90. The summed E-state index contributed by atoms with van der Waals surface area (Å²) in [5, 5.41) is 9.67. The third kappa shape index (κ3) is 3.96. The average Bonchev–Trinajstić information content (AvgIpc) is 2.45. The second-order valence-electron chi connectivity index (χ2n) is 5.83. The van der Waals surface area contributed by atoms with Gasteiger partial charge in [-0.25, -0.2) is 0 Å². The van der Waals surface area contributed by atoms with Crippen LogP contribution in [0.1, 0.15) is 26.7 Å². The predicted molar refractivity (Wildman–Crippen MR) is 84.4 cm³/mol. The van der Waals surface area contributed by atoms with E-state index in [0.29, 0.717) is 24.7 Å². The van der Waals surface area contributed by atoms with Crippen LogP contribution in [0.2, 0.25) is 0 Å². The first-order chi connectivity index (χ1) is 9.91. The summed E-state index contributed by atoms with van der Waals surface area (Å²) < 4.78 is 28.7. The van der Waals surface area contributed by atoms with Crippen LogP contribution in [-0.4, -0.2) is 43.6 Å². The molecule has 5 nitrogen and oxygen atoms in total. The minimum absolute atomic E-state index is 0.0667. The van der Waals surface area contributed by atoms with Crippen LogP contribution in [0.25, 0.3) is 0 Å². The van der Waals surface area contributed by atoms with Gasteiger partial charge in [0.25, 0.3) is 0 Å². The second-order valence-corrected chi connectivity index (χ2v) is 7.68. The van der Waals surface area contributed by atoms with Crippen molar-refractivity contribution >= 4 is 15.9 Å². The molecule has 118 valence electrons. The Labute approximate surface area is 127 Å². The Hall–Kier alpha value is -1.11. The van der Waals surface area contributed by atoms with Crippen LogP contribution in [0, 0.1) is 5.92 Å². The lowest BCUT2D eigenvalue weighted by molar-refractivity contribution is 0.202. The topological polar surface area (TPSA) is 60.9 Å². The molecule has 0 unspecified atom stereocenters. The molecule has 0 bridgehead atoms. The summed E-state index contributed by atoms with van der Waals surface area (Å²) in [6.07, 6.45) is 1.23. The highest BCUT2D eigenvalue weighted by atomic mass is 32.2. The predicted octanol–water partition coefficient (Wildman–Crippen LogP) is 1.85. The third-order valence-corrected chi connectivity index (χ3v) is 5.60.